The van der Waals surface area contributed by atoms with E-state index < -0.39 is 0 Å². The summed E-state index contributed by atoms with van der Waals surface area (Å²) in [5.74, 6) is 0.471. The highest BCUT2D eigenvalue weighted by atomic mass is 16.5. The van der Waals surface area contributed by atoms with Gasteiger partial charge >= 0.3 is 5.97 Å². The van der Waals surface area contributed by atoms with Crippen LogP contribution in [-0.2, 0) is 4.74 Å². The minimum Gasteiger partial charge on any atom is -0.462 e. The molecule has 19 heavy (non-hydrogen) atoms. The van der Waals surface area contributed by atoms with Crippen molar-refractivity contribution in [2.45, 2.75) is 45.6 Å². The van der Waals surface area contributed by atoms with E-state index in [-0.39, 0.29) is 5.97 Å². The van der Waals surface area contributed by atoms with Crippen molar-refractivity contribution in [3.05, 3.63) is 29.8 Å². The van der Waals surface area contributed by atoms with E-state index in [1.165, 1.54) is 25.7 Å². The third-order valence-corrected chi connectivity index (χ3v) is 3.86. The van der Waals surface area contributed by atoms with E-state index in [0.29, 0.717) is 18.2 Å². The van der Waals surface area contributed by atoms with Crippen LogP contribution in [0.5, 0.6) is 0 Å². The van der Waals surface area contributed by atoms with Crippen LogP contribution in [0, 0.1) is 5.92 Å². The number of carbonyl (C=O) groups excluding carboxylic acids is 1. The van der Waals surface area contributed by atoms with Crippen LogP contribution >= 0.6 is 0 Å². The van der Waals surface area contributed by atoms with Gasteiger partial charge in [0.2, 0.25) is 0 Å². The van der Waals surface area contributed by atoms with Gasteiger partial charge in [-0.25, -0.2) is 4.79 Å². The Kier molecular flexibility index (Phi) is 4.83. The van der Waals surface area contributed by atoms with Crippen LogP contribution in [0.25, 0.3) is 0 Å². The molecule has 2 unspecified atom stereocenters. The fraction of sp³-hybridized carbons (Fsp3) is 0.562. The lowest BCUT2D eigenvalue weighted by molar-refractivity contribution is 0.0526. The Hall–Kier alpha value is -1.51. The molecule has 0 saturated heterocycles. The van der Waals surface area contributed by atoms with Gasteiger partial charge in [0.05, 0.1) is 12.2 Å². The number of nitrogens with one attached hydrogen (secondary N) is 1. The van der Waals surface area contributed by atoms with Crippen LogP contribution in [0.3, 0.4) is 0 Å². The summed E-state index contributed by atoms with van der Waals surface area (Å²) >= 11 is 0. The number of hydrogen-bond acceptors (Lipinski definition) is 3. The number of carbonyl (C=O) groups is 1. The summed E-state index contributed by atoms with van der Waals surface area (Å²) in [6, 6.07) is 8.14. The normalized spacial score (nSPS) is 22.8. The molecule has 0 aromatic heterocycles. The summed E-state index contributed by atoms with van der Waals surface area (Å²) in [5, 5.41) is 3.58. The Labute approximate surface area is 115 Å². The van der Waals surface area contributed by atoms with Crippen molar-refractivity contribution >= 4 is 11.7 Å². The first kappa shape index (κ1) is 13.9. The number of hydrogen-bond donors (Lipinski definition) is 1. The van der Waals surface area contributed by atoms with Crippen molar-refractivity contribution in [1.29, 1.82) is 0 Å². The lowest BCUT2D eigenvalue weighted by Gasteiger charge is -2.30. The van der Waals surface area contributed by atoms with E-state index in [1.807, 2.05) is 31.2 Å². The molecule has 2 atom stereocenters. The number of rotatable bonds is 4. The van der Waals surface area contributed by atoms with E-state index in [1.54, 1.807) is 0 Å². The molecule has 1 N–H and O–H groups in total. The molecule has 1 aromatic rings. The molecule has 104 valence electrons. The van der Waals surface area contributed by atoms with Gasteiger partial charge in [0.1, 0.15) is 0 Å². The number of benzene rings is 1. The predicted molar refractivity (Wildman–Crippen MR) is 77.4 cm³/mol. The number of anilines is 1. The largest absolute Gasteiger partial charge is 0.462 e. The van der Waals surface area contributed by atoms with Crippen molar-refractivity contribution in [2.24, 2.45) is 5.92 Å². The molecule has 2 rings (SSSR count). The van der Waals surface area contributed by atoms with Gasteiger partial charge in [-0.05, 0) is 49.9 Å². The van der Waals surface area contributed by atoms with E-state index in [2.05, 4.69) is 12.2 Å². The average Bonchev–Trinajstić information content (AvgIpc) is 2.42. The van der Waals surface area contributed by atoms with Crippen molar-refractivity contribution in [3.8, 4) is 0 Å². The second-order valence-electron chi connectivity index (χ2n) is 5.31. The second-order valence-corrected chi connectivity index (χ2v) is 5.31. The monoisotopic (exact) mass is 261 g/mol. The zero-order valence-corrected chi connectivity index (χ0v) is 11.8. The summed E-state index contributed by atoms with van der Waals surface area (Å²) in [5.41, 5.74) is 1.70. The molecule has 1 fully saturated rings. The molecule has 1 aromatic carbocycles. The molecule has 3 nitrogen and oxygen atoms in total. The molecule has 0 aliphatic heterocycles. The van der Waals surface area contributed by atoms with Crippen LogP contribution in [0.4, 0.5) is 5.69 Å². The van der Waals surface area contributed by atoms with Gasteiger partial charge < -0.3 is 10.1 Å². The van der Waals surface area contributed by atoms with E-state index in [4.69, 9.17) is 4.74 Å². The third kappa shape index (κ3) is 3.72. The first-order chi connectivity index (χ1) is 9.20. The summed E-state index contributed by atoms with van der Waals surface area (Å²) in [7, 11) is 0. The third-order valence-electron chi connectivity index (χ3n) is 3.86. The van der Waals surface area contributed by atoms with E-state index in [0.717, 1.165) is 11.6 Å². The zero-order valence-electron chi connectivity index (χ0n) is 11.8. The van der Waals surface area contributed by atoms with Crippen molar-refractivity contribution in [1.82, 2.24) is 0 Å². The number of esters is 1. The quantitative estimate of drug-likeness (QED) is 0.836. The Morgan fingerprint density at radius 3 is 2.58 bits per heavy atom. The molecule has 3 heteroatoms. The average molecular weight is 261 g/mol. The number of ether oxygens (including phenoxy) is 1. The molecule has 0 spiro atoms. The Balaban J connectivity index is 1.96. The lowest BCUT2D eigenvalue weighted by Crippen LogP contribution is -2.30. The van der Waals surface area contributed by atoms with E-state index in [9.17, 15) is 4.79 Å². The molecule has 1 aliphatic rings. The minimum absolute atomic E-state index is 0.250. The molecule has 1 saturated carbocycles. The van der Waals surface area contributed by atoms with Gasteiger partial charge in [-0.2, -0.15) is 0 Å². The predicted octanol–water partition coefficient (Wildman–Crippen LogP) is 3.85. The van der Waals surface area contributed by atoms with Gasteiger partial charge in [0.15, 0.2) is 0 Å². The molecular weight excluding hydrogens is 238 g/mol. The maximum absolute atomic E-state index is 11.6. The highest BCUT2D eigenvalue weighted by molar-refractivity contribution is 5.89. The van der Waals surface area contributed by atoms with Crippen LogP contribution in [0.15, 0.2) is 24.3 Å². The fourth-order valence-corrected chi connectivity index (χ4v) is 2.66. The van der Waals surface area contributed by atoms with Crippen LogP contribution < -0.4 is 5.32 Å². The topological polar surface area (TPSA) is 38.3 Å². The molecule has 0 amide bonds. The Morgan fingerprint density at radius 2 is 1.95 bits per heavy atom. The highest BCUT2D eigenvalue weighted by Crippen LogP contribution is 2.26. The highest BCUT2D eigenvalue weighted by Gasteiger charge is 2.20. The van der Waals surface area contributed by atoms with Gasteiger partial charge in [-0.1, -0.05) is 19.8 Å². The molecule has 0 radical (unpaired) electrons. The maximum Gasteiger partial charge on any atom is 0.338 e. The van der Waals surface area contributed by atoms with Gasteiger partial charge in [-0.3, -0.25) is 0 Å². The van der Waals surface area contributed by atoms with Crippen LogP contribution in [0.1, 0.15) is 49.9 Å². The summed E-state index contributed by atoms with van der Waals surface area (Å²) in [4.78, 5) is 11.6. The van der Waals surface area contributed by atoms with Crippen molar-refractivity contribution in [2.75, 3.05) is 11.9 Å². The van der Waals surface area contributed by atoms with Gasteiger partial charge in [-0.15, -0.1) is 0 Å². The van der Waals surface area contributed by atoms with Crippen LogP contribution in [0.2, 0.25) is 0 Å². The fourth-order valence-electron chi connectivity index (χ4n) is 2.66. The lowest BCUT2D eigenvalue weighted by atomic mass is 9.86. The second kappa shape index (κ2) is 6.60. The van der Waals surface area contributed by atoms with Gasteiger partial charge in [0.25, 0.3) is 0 Å². The smallest absolute Gasteiger partial charge is 0.338 e. The minimum atomic E-state index is -0.250. The van der Waals surface area contributed by atoms with E-state index >= 15 is 0 Å². The maximum atomic E-state index is 11.6. The molecular formula is C16H23NO2. The standard InChI is InChI=1S/C16H23NO2/c1-3-19-16(18)13-8-10-14(11-9-13)17-15-7-5-4-6-12(15)2/h8-12,15,17H,3-7H2,1-2H3. The Morgan fingerprint density at radius 1 is 1.26 bits per heavy atom. The van der Waals surface area contributed by atoms with Crippen molar-refractivity contribution < 1.29 is 9.53 Å². The summed E-state index contributed by atoms with van der Waals surface area (Å²) < 4.78 is 4.98. The van der Waals surface area contributed by atoms with Gasteiger partial charge in [0, 0.05) is 11.7 Å². The molecule has 1 aliphatic carbocycles. The first-order valence-electron chi connectivity index (χ1n) is 7.24. The summed E-state index contributed by atoms with van der Waals surface area (Å²) in [6.45, 7) is 4.54. The molecule has 0 heterocycles. The zero-order chi connectivity index (χ0) is 13.7. The Bertz CT molecular complexity index is 413. The summed E-state index contributed by atoms with van der Waals surface area (Å²) in [6.07, 6.45) is 5.20. The first-order valence-corrected chi connectivity index (χ1v) is 7.24. The molecule has 0 bridgehead atoms. The van der Waals surface area contributed by atoms with Crippen LogP contribution in [-0.4, -0.2) is 18.6 Å². The van der Waals surface area contributed by atoms with Crippen molar-refractivity contribution in [3.63, 3.8) is 0 Å². The SMILES string of the molecule is CCOC(=O)c1ccc(NC2CCCCC2C)cc1.